The van der Waals surface area contributed by atoms with Gasteiger partial charge in [-0.1, -0.05) is 29.8 Å². The molecule has 3 N–H and O–H groups in total. The number of amides is 2. The van der Waals surface area contributed by atoms with E-state index in [-0.39, 0.29) is 30.2 Å². The van der Waals surface area contributed by atoms with Crippen LogP contribution in [0.1, 0.15) is 42.6 Å². The number of carbonyl (C=O) groups excluding carboxylic acids is 2. The Bertz CT molecular complexity index is 1360. The molecule has 2 atom stereocenters. The van der Waals surface area contributed by atoms with Crippen LogP contribution in [0.25, 0.3) is 5.57 Å². The number of piperazine rings is 1. The van der Waals surface area contributed by atoms with Crippen LogP contribution in [-0.2, 0) is 27.7 Å². The molecular formula is C31H39ClN6O4. The van der Waals surface area contributed by atoms with E-state index in [1.54, 1.807) is 17.4 Å². The number of benzene rings is 1. The van der Waals surface area contributed by atoms with Crippen molar-refractivity contribution in [3.63, 3.8) is 0 Å². The van der Waals surface area contributed by atoms with Crippen LogP contribution in [0.3, 0.4) is 0 Å². The Labute approximate surface area is 251 Å². The van der Waals surface area contributed by atoms with Crippen LogP contribution in [0.4, 0.5) is 4.79 Å². The molecule has 0 saturated carbocycles. The summed E-state index contributed by atoms with van der Waals surface area (Å²) in [5.74, 6) is -0.0953. The number of ether oxygens (including phenoxy) is 2. The van der Waals surface area contributed by atoms with E-state index >= 15 is 0 Å². The molecule has 2 saturated heterocycles. The molecule has 2 fully saturated rings. The minimum Gasteiger partial charge on any atom is -0.446 e. The van der Waals surface area contributed by atoms with Gasteiger partial charge in [-0.25, -0.2) is 9.78 Å². The summed E-state index contributed by atoms with van der Waals surface area (Å²) < 4.78 is 12.6. The minimum absolute atomic E-state index is 0.0566. The number of dihydropyridines is 1. The van der Waals surface area contributed by atoms with Gasteiger partial charge in [-0.05, 0) is 53.1 Å². The molecule has 11 heteroatoms. The number of imidazole rings is 1. The third kappa shape index (κ3) is 7.42. The number of hydrogen-bond donors (Lipinski definition) is 3. The number of carbonyl (C=O) groups is 2. The highest BCUT2D eigenvalue weighted by molar-refractivity contribution is 6.30. The highest BCUT2D eigenvalue weighted by Crippen LogP contribution is 2.38. The molecule has 42 heavy (non-hydrogen) atoms. The molecule has 2 amide bonds. The fraction of sp³-hybridized carbons (Fsp3) is 0.452. The minimum atomic E-state index is -0.322. The van der Waals surface area contributed by atoms with E-state index in [1.165, 1.54) is 18.1 Å². The molecular weight excluding hydrogens is 556 g/mol. The van der Waals surface area contributed by atoms with E-state index in [0.29, 0.717) is 18.2 Å². The molecule has 10 nitrogen and oxygen atoms in total. The second kappa shape index (κ2) is 14.0. The first-order chi connectivity index (χ1) is 20.4. The lowest BCUT2D eigenvalue weighted by atomic mass is 9.92. The lowest BCUT2D eigenvalue weighted by Gasteiger charge is -2.30. The summed E-state index contributed by atoms with van der Waals surface area (Å²) in [6.07, 6.45) is 14.2. The number of fused-ring (bicyclic) bond motifs is 2. The molecule has 0 spiro atoms. The molecule has 4 heterocycles. The van der Waals surface area contributed by atoms with Crippen molar-refractivity contribution in [2.75, 3.05) is 39.4 Å². The number of aryl methyl sites for hydroxylation is 1. The van der Waals surface area contributed by atoms with Gasteiger partial charge in [0, 0.05) is 58.0 Å². The maximum Gasteiger partial charge on any atom is 0.410 e. The normalized spacial score (nSPS) is 20.7. The van der Waals surface area contributed by atoms with Gasteiger partial charge in [-0.3, -0.25) is 4.79 Å². The predicted octanol–water partition coefficient (Wildman–Crippen LogP) is 3.51. The molecule has 0 bridgehead atoms. The van der Waals surface area contributed by atoms with Crippen molar-refractivity contribution in [3.8, 4) is 0 Å². The van der Waals surface area contributed by atoms with Gasteiger partial charge < -0.3 is 34.9 Å². The Morgan fingerprint density at radius 3 is 2.71 bits per heavy atom. The molecule has 4 aliphatic rings. The van der Waals surface area contributed by atoms with Gasteiger partial charge in [0.15, 0.2) is 0 Å². The predicted molar refractivity (Wildman–Crippen MR) is 162 cm³/mol. The third-order valence-electron chi connectivity index (χ3n) is 7.83. The van der Waals surface area contributed by atoms with Crippen molar-refractivity contribution < 1.29 is 19.1 Å². The molecule has 3 aliphatic heterocycles. The van der Waals surface area contributed by atoms with Crippen LogP contribution in [0.15, 0.2) is 60.7 Å². The first-order valence-corrected chi connectivity index (χ1v) is 14.9. The van der Waals surface area contributed by atoms with Crippen LogP contribution >= 0.6 is 11.6 Å². The summed E-state index contributed by atoms with van der Waals surface area (Å²) in [6.45, 7) is 6.18. The summed E-state index contributed by atoms with van der Waals surface area (Å²) >= 11 is 6.34. The molecule has 224 valence electrons. The van der Waals surface area contributed by atoms with Crippen LogP contribution in [-0.4, -0.2) is 78.0 Å². The lowest BCUT2D eigenvalue weighted by molar-refractivity contribution is -0.119. The van der Waals surface area contributed by atoms with Crippen molar-refractivity contribution >= 4 is 29.2 Å². The Kier molecular flexibility index (Phi) is 9.99. The second-order valence-electron chi connectivity index (χ2n) is 10.8. The summed E-state index contributed by atoms with van der Waals surface area (Å²) in [7, 11) is 1.93. The molecule has 0 radical (unpaired) electrons. The van der Waals surface area contributed by atoms with Gasteiger partial charge in [0.1, 0.15) is 6.10 Å². The highest BCUT2D eigenvalue weighted by atomic mass is 35.5. The maximum atomic E-state index is 12.0. The Balaban J connectivity index is 0.000000199. The summed E-state index contributed by atoms with van der Waals surface area (Å²) in [4.78, 5) is 29.7. The summed E-state index contributed by atoms with van der Waals surface area (Å²) in [5.41, 5.74) is 5.36. The number of nitrogens with zero attached hydrogens (tertiary/aromatic N) is 3. The fourth-order valence-electron chi connectivity index (χ4n) is 5.60. The number of nitrogens with one attached hydrogen (secondary N) is 3. The van der Waals surface area contributed by atoms with Crippen LogP contribution in [0.5, 0.6) is 0 Å². The standard InChI is InChI=1S/C21H21ClN4O.C10H18N2O3/c1-13(27)25-21(20-11-23-12-26(20)2)18-8-15-4-3-7-24-19(15)9-14-5-6-16(22)10-17(14)18;13-10(12-5-3-11-4-6-12)15-9-1-7-14-8-2-9/h3-8,10-12,19,21,24H,9H2,1-2H3,(H,25,27);9,11H,1-8H2. The summed E-state index contributed by atoms with van der Waals surface area (Å²) in [6, 6.07) is 5.85. The van der Waals surface area contributed by atoms with E-state index in [2.05, 4.69) is 39.2 Å². The van der Waals surface area contributed by atoms with E-state index in [1.807, 2.05) is 36.0 Å². The van der Waals surface area contributed by atoms with Gasteiger partial charge in [-0.15, -0.1) is 0 Å². The van der Waals surface area contributed by atoms with Crippen molar-refractivity contribution in [3.05, 3.63) is 82.6 Å². The largest absolute Gasteiger partial charge is 0.446 e. The van der Waals surface area contributed by atoms with E-state index in [4.69, 9.17) is 21.1 Å². The molecule has 1 aliphatic carbocycles. The number of rotatable bonds is 4. The first kappa shape index (κ1) is 29.9. The van der Waals surface area contributed by atoms with Gasteiger partial charge in [0.05, 0.1) is 43.5 Å². The quantitative estimate of drug-likeness (QED) is 0.497. The molecule has 6 rings (SSSR count). The van der Waals surface area contributed by atoms with Crippen molar-refractivity contribution in [2.45, 2.75) is 44.4 Å². The zero-order chi connectivity index (χ0) is 29.5. The third-order valence-corrected chi connectivity index (χ3v) is 8.07. The Morgan fingerprint density at radius 1 is 1.21 bits per heavy atom. The number of halogens is 1. The van der Waals surface area contributed by atoms with Gasteiger partial charge in [-0.2, -0.15) is 0 Å². The number of hydrogen-bond acceptors (Lipinski definition) is 7. The van der Waals surface area contributed by atoms with Gasteiger partial charge >= 0.3 is 6.09 Å². The molecule has 2 aromatic rings. The van der Waals surface area contributed by atoms with Gasteiger partial charge in [0.25, 0.3) is 0 Å². The number of aromatic nitrogens is 2. The Hall–Kier alpha value is -3.60. The second-order valence-corrected chi connectivity index (χ2v) is 11.3. The average Bonchev–Trinajstić information content (AvgIpc) is 3.35. The van der Waals surface area contributed by atoms with Crippen molar-refractivity contribution in [2.24, 2.45) is 7.05 Å². The SMILES string of the molecule is CC(=O)NC(C1=CC2=CC=CNC2Cc2ccc(Cl)cc21)c1cncn1C.O=C(OC1CCOCC1)N1CCNCC1. The fourth-order valence-corrected chi connectivity index (χ4v) is 5.77. The average molecular weight is 595 g/mol. The van der Waals surface area contributed by atoms with Crippen LogP contribution < -0.4 is 16.0 Å². The zero-order valence-electron chi connectivity index (χ0n) is 24.1. The molecule has 2 unspecified atom stereocenters. The van der Waals surface area contributed by atoms with Crippen molar-refractivity contribution in [1.29, 1.82) is 0 Å². The lowest BCUT2D eigenvalue weighted by Crippen LogP contribution is -2.47. The first-order valence-electron chi connectivity index (χ1n) is 14.5. The van der Waals surface area contributed by atoms with Crippen LogP contribution in [0.2, 0.25) is 5.02 Å². The summed E-state index contributed by atoms with van der Waals surface area (Å²) in [5, 5.41) is 10.4. The Morgan fingerprint density at radius 2 is 2.00 bits per heavy atom. The smallest absolute Gasteiger partial charge is 0.410 e. The van der Waals surface area contributed by atoms with E-state index < -0.39 is 0 Å². The highest BCUT2D eigenvalue weighted by Gasteiger charge is 2.29. The van der Waals surface area contributed by atoms with E-state index in [9.17, 15) is 9.59 Å². The maximum absolute atomic E-state index is 12.0. The van der Waals surface area contributed by atoms with Crippen molar-refractivity contribution in [1.82, 2.24) is 30.4 Å². The van der Waals surface area contributed by atoms with Gasteiger partial charge in [0.2, 0.25) is 5.91 Å². The molecule has 1 aromatic heterocycles. The zero-order valence-corrected chi connectivity index (χ0v) is 24.9. The van der Waals surface area contributed by atoms with E-state index in [0.717, 1.165) is 62.3 Å². The number of allylic oxidation sites excluding steroid dienone is 2. The topological polar surface area (TPSA) is 110 Å². The van der Waals surface area contributed by atoms with Crippen LogP contribution in [0, 0.1) is 0 Å². The molecule has 1 aromatic carbocycles. The monoisotopic (exact) mass is 594 g/mol.